The molecule has 1 aromatic heterocycles. The summed E-state index contributed by atoms with van der Waals surface area (Å²) in [6, 6.07) is 6.43. The number of carboxylic acid groups (broad SMARTS) is 1. The van der Waals surface area contributed by atoms with E-state index in [1.165, 1.54) is 7.11 Å². The number of ether oxygens (including phenoxy) is 2. The maximum absolute atomic E-state index is 14.5. The molecule has 0 bridgehead atoms. The maximum atomic E-state index is 14.5. The number of aromatic nitrogens is 1. The Morgan fingerprint density at radius 3 is 2.40 bits per heavy atom. The van der Waals surface area contributed by atoms with Crippen LogP contribution in [-0.4, -0.2) is 89.2 Å². The van der Waals surface area contributed by atoms with E-state index in [0.29, 0.717) is 35.1 Å². The van der Waals surface area contributed by atoms with Crippen LogP contribution in [0.4, 0.5) is 13.6 Å². The highest BCUT2D eigenvalue weighted by Crippen LogP contribution is 2.44. The molecule has 3 heterocycles. The molecule has 0 radical (unpaired) electrons. The summed E-state index contributed by atoms with van der Waals surface area (Å²) in [5, 5.41) is 11.1. The summed E-state index contributed by atoms with van der Waals surface area (Å²) in [4.78, 5) is 60.4. The first kappa shape index (κ1) is 30.7. The minimum Gasteiger partial charge on any atom is -0.479 e. The average Bonchev–Trinajstić information content (AvgIpc) is 2.99. The number of esters is 1. The number of amides is 3. The van der Waals surface area contributed by atoms with E-state index in [-0.39, 0.29) is 18.9 Å². The van der Waals surface area contributed by atoms with Crippen molar-refractivity contribution in [2.45, 2.75) is 30.7 Å². The number of carboxylic acids is 1. The zero-order valence-electron chi connectivity index (χ0n) is 23.1. The number of methoxy groups -OCH3 is 2. The summed E-state index contributed by atoms with van der Waals surface area (Å²) in [5.74, 6) is -0.719. The number of rotatable bonds is 9. The van der Waals surface area contributed by atoms with E-state index < -0.39 is 64.5 Å². The number of nitrogens with two attached hydrogens (primary N) is 1. The lowest BCUT2D eigenvalue weighted by atomic mass is 9.77. The third-order valence-electron chi connectivity index (χ3n) is 7.58. The summed E-state index contributed by atoms with van der Waals surface area (Å²) in [5.41, 5.74) is -3.75. The predicted octanol–water partition coefficient (Wildman–Crippen LogP) is 2.12. The van der Waals surface area contributed by atoms with Gasteiger partial charge in [0.2, 0.25) is 11.4 Å². The van der Waals surface area contributed by atoms with Crippen LogP contribution in [0, 0.1) is 11.6 Å². The second-order valence-corrected chi connectivity index (χ2v) is 9.89. The molecule has 1 aromatic carbocycles. The molecule has 4 rings (SSSR count). The van der Waals surface area contributed by atoms with Crippen molar-refractivity contribution in [1.29, 1.82) is 0 Å². The highest BCUT2D eigenvalue weighted by molar-refractivity contribution is 6.11. The summed E-state index contributed by atoms with van der Waals surface area (Å²) >= 11 is 0. The monoisotopic (exact) mass is 587 g/mol. The molecule has 1 atom stereocenters. The number of benzene rings is 1. The Bertz CT molecular complexity index is 1400. The van der Waals surface area contributed by atoms with Crippen LogP contribution in [0.15, 0.2) is 53.9 Å². The molecule has 3 N–H and O–H groups in total. The SMILES string of the molecule is COCC1=C(C(=O)OC)C(C(=O)O)(c2ccc(F)c(F)c2)N(C(=O)CCN2CCC(c3ccccn3)CC2)C(=O)N1N. The van der Waals surface area contributed by atoms with Gasteiger partial charge in [-0.1, -0.05) is 12.1 Å². The summed E-state index contributed by atoms with van der Waals surface area (Å²) < 4.78 is 38.3. The highest BCUT2D eigenvalue weighted by Gasteiger charge is 2.62. The molecule has 0 spiro atoms. The van der Waals surface area contributed by atoms with Crippen molar-refractivity contribution in [3.8, 4) is 0 Å². The number of halogens is 2. The zero-order chi connectivity index (χ0) is 30.6. The van der Waals surface area contributed by atoms with Gasteiger partial charge in [0.15, 0.2) is 11.6 Å². The number of carbonyl (C=O) groups is 4. The van der Waals surface area contributed by atoms with E-state index in [9.17, 15) is 33.1 Å². The van der Waals surface area contributed by atoms with Crippen molar-refractivity contribution in [3.05, 3.63) is 76.8 Å². The van der Waals surface area contributed by atoms with Crippen LogP contribution in [0.3, 0.4) is 0 Å². The van der Waals surface area contributed by atoms with Crippen LogP contribution in [0.1, 0.15) is 36.4 Å². The molecule has 1 fully saturated rings. The lowest BCUT2D eigenvalue weighted by Gasteiger charge is -2.46. The van der Waals surface area contributed by atoms with Crippen molar-refractivity contribution in [2.75, 3.05) is 40.5 Å². The molecule has 1 saturated heterocycles. The molecule has 1 unspecified atom stereocenters. The third-order valence-corrected chi connectivity index (χ3v) is 7.58. The second kappa shape index (κ2) is 12.7. The van der Waals surface area contributed by atoms with Gasteiger partial charge in [-0.05, 0) is 55.8 Å². The Hall–Kier alpha value is -4.27. The lowest BCUT2D eigenvalue weighted by Crippen LogP contribution is -2.67. The van der Waals surface area contributed by atoms with Crippen LogP contribution in [-0.2, 0) is 29.4 Å². The number of likely N-dealkylation sites (tertiary alicyclic amines) is 1. The zero-order valence-corrected chi connectivity index (χ0v) is 23.1. The quantitative estimate of drug-likeness (QED) is 0.253. The van der Waals surface area contributed by atoms with Gasteiger partial charge in [-0.3, -0.25) is 9.78 Å². The first-order chi connectivity index (χ1) is 20.1. The van der Waals surface area contributed by atoms with Crippen LogP contribution in [0.2, 0.25) is 0 Å². The van der Waals surface area contributed by atoms with E-state index >= 15 is 0 Å². The first-order valence-corrected chi connectivity index (χ1v) is 13.1. The molecule has 2 aromatic rings. The van der Waals surface area contributed by atoms with Gasteiger partial charge < -0.3 is 19.5 Å². The Morgan fingerprint density at radius 1 is 1.12 bits per heavy atom. The van der Waals surface area contributed by atoms with Crippen LogP contribution in [0.25, 0.3) is 0 Å². The van der Waals surface area contributed by atoms with Gasteiger partial charge >= 0.3 is 18.0 Å². The van der Waals surface area contributed by atoms with Gasteiger partial charge in [0, 0.05) is 37.9 Å². The van der Waals surface area contributed by atoms with Crippen molar-refractivity contribution in [2.24, 2.45) is 5.84 Å². The minimum atomic E-state index is -2.95. The number of hydrazine groups is 1. The van der Waals surface area contributed by atoms with Gasteiger partial charge in [0.05, 0.1) is 19.4 Å². The fraction of sp³-hybridized carbons (Fsp3) is 0.393. The smallest absolute Gasteiger partial charge is 0.346 e. The average molecular weight is 588 g/mol. The first-order valence-electron chi connectivity index (χ1n) is 13.1. The van der Waals surface area contributed by atoms with Crippen molar-refractivity contribution >= 4 is 23.9 Å². The van der Waals surface area contributed by atoms with Crippen molar-refractivity contribution in [1.82, 2.24) is 19.8 Å². The lowest BCUT2D eigenvalue weighted by molar-refractivity contribution is -0.159. The third kappa shape index (κ3) is 5.47. The van der Waals surface area contributed by atoms with Gasteiger partial charge in [0.1, 0.15) is 5.57 Å². The molecule has 2 aliphatic rings. The number of pyridine rings is 1. The van der Waals surface area contributed by atoms with Crippen LogP contribution >= 0.6 is 0 Å². The second-order valence-electron chi connectivity index (χ2n) is 9.89. The number of hydrogen-bond donors (Lipinski definition) is 2. The van der Waals surface area contributed by atoms with Gasteiger partial charge in [0.25, 0.3) is 0 Å². The molecule has 3 amide bonds. The van der Waals surface area contributed by atoms with Gasteiger partial charge in [-0.25, -0.2) is 38.9 Å². The Kier molecular flexibility index (Phi) is 9.29. The van der Waals surface area contributed by atoms with E-state index in [1.54, 1.807) is 6.20 Å². The number of aliphatic carboxylic acids is 1. The van der Waals surface area contributed by atoms with E-state index in [1.807, 2.05) is 23.1 Å². The van der Waals surface area contributed by atoms with Crippen molar-refractivity contribution in [3.63, 3.8) is 0 Å². The highest BCUT2D eigenvalue weighted by atomic mass is 19.2. The number of nitrogens with zero attached hydrogens (tertiary/aromatic N) is 4. The number of carbonyl (C=O) groups excluding carboxylic acids is 3. The fourth-order valence-corrected chi connectivity index (χ4v) is 5.50. The Balaban J connectivity index is 1.72. The molecule has 224 valence electrons. The van der Waals surface area contributed by atoms with Crippen LogP contribution in [0.5, 0.6) is 0 Å². The number of urea groups is 1. The minimum absolute atomic E-state index is 0.151. The molecule has 12 nitrogen and oxygen atoms in total. The molecular weight excluding hydrogens is 556 g/mol. The fourth-order valence-electron chi connectivity index (χ4n) is 5.50. The Morgan fingerprint density at radius 2 is 1.83 bits per heavy atom. The Labute approximate surface area is 240 Å². The van der Waals surface area contributed by atoms with Crippen LogP contribution < -0.4 is 5.84 Å². The largest absolute Gasteiger partial charge is 0.479 e. The maximum Gasteiger partial charge on any atom is 0.346 e. The molecule has 0 saturated carbocycles. The topological polar surface area (TPSA) is 156 Å². The summed E-state index contributed by atoms with van der Waals surface area (Å²) in [6.07, 6.45) is 2.93. The number of imide groups is 1. The number of piperidine rings is 1. The molecule has 42 heavy (non-hydrogen) atoms. The summed E-state index contributed by atoms with van der Waals surface area (Å²) in [7, 11) is 2.16. The molecule has 14 heteroatoms. The summed E-state index contributed by atoms with van der Waals surface area (Å²) in [6.45, 7) is 0.838. The normalized spacial score (nSPS) is 20.2. The predicted molar refractivity (Wildman–Crippen MR) is 142 cm³/mol. The van der Waals surface area contributed by atoms with Gasteiger partial charge in [-0.15, -0.1) is 0 Å². The van der Waals surface area contributed by atoms with E-state index in [2.05, 4.69) is 4.98 Å². The standard InChI is InChI=1S/C28H31F2N5O7/c1-41-16-22-24(25(37)42-2)28(26(38)39,18-6-7-19(29)20(30)15-18)34(27(40)35(22)31)23(36)10-14-33-12-8-17(9-13-33)21-5-3-4-11-32-21/h3-7,11,15,17H,8-10,12-14,16,31H2,1-2H3,(H,38,39). The van der Waals surface area contributed by atoms with E-state index in [4.69, 9.17) is 15.3 Å². The van der Waals surface area contributed by atoms with Gasteiger partial charge in [-0.2, -0.15) is 0 Å². The van der Waals surface area contributed by atoms with E-state index in [0.717, 1.165) is 31.7 Å². The van der Waals surface area contributed by atoms with Crippen molar-refractivity contribution < 1.29 is 42.5 Å². The number of hydrogen-bond acceptors (Lipinski definition) is 9. The molecule has 0 aliphatic carbocycles. The molecular formula is C28H31F2N5O7. The molecule has 2 aliphatic heterocycles.